The minimum atomic E-state index is 0.0280. The summed E-state index contributed by atoms with van der Waals surface area (Å²) in [5.41, 5.74) is 3.12. The molecule has 122 valence electrons. The van der Waals surface area contributed by atoms with Gasteiger partial charge in [0.15, 0.2) is 6.54 Å². The highest BCUT2D eigenvalue weighted by Gasteiger charge is 2.13. The molecule has 0 heterocycles. The molecule has 0 aromatic heterocycles. The van der Waals surface area contributed by atoms with E-state index in [4.69, 9.17) is 11.6 Å². The Hall–Kier alpha value is -1.84. The summed E-state index contributed by atoms with van der Waals surface area (Å²) >= 11 is 5.99. The first-order valence-corrected chi connectivity index (χ1v) is 8.39. The highest BCUT2D eigenvalue weighted by Crippen LogP contribution is 2.19. The van der Waals surface area contributed by atoms with Crippen molar-refractivity contribution in [3.63, 3.8) is 0 Å². The van der Waals surface area contributed by atoms with Gasteiger partial charge in [-0.2, -0.15) is 0 Å². The van der Waals surface area contributed by atoms with E-state index in [0.717, 1.165) is 30.8 Å². The van der Waals surface area contributed by atoms with Crippen LogP contribution >= 0.6 is 11.6 Å². The van der Waals surface area contributed by atoms with E-state index in [1.807, 2.05) is 25.1 Å². The van der Waals surface area contributed by atoms with Crippen LogP contribution in [0.2, 0.25) is 5.02 Å². The molecule has 2 rings (SSSR count). The van der Waals surface area contributed by atoms with Crippen LogP contribution < -0.4 is 10.2 Å². The van der Waals surface area contributed by atoms with Crippen molar-refractivity contribution in [3.05, 3.63) is 64.7 Å². The van der Waals surface area contributed by atoms with Crippen molar-refractivity contribution in [3.8, 4) is 0 Å². The Bertz CT molecular complexity index is 643. The Morgan fingerprint density at radius 3 is 2.61 bits per heavy atom. The van der Waals surface area contributed by atoms with Gasteiger partial charge in [0.2, 0.25) is 0 Å². The highest BCUT2D eigenvalue weighted by atomic mass is 35.5. The van der Waals surface area contributed by atoms with Gasteiger partial charge in [-0.1, -0.05) is 48.0 Å². The molecule has 0 fully saturated rings. The van der Waals surface area contributed by atoms with Crippen LogP contribution in [0.5, 0.6) is 0 Å². The molecule has 2 aromatic carbocycles. The number of carbonyl (C=O) groups excluding carboxylic acids is 1. The number of aryl methyl sites for hydroxylation is 1. The molecule has 2 N–H and O–H groups in total. The summed E-state index contributed by atoms with van der Waals surface area (Å²) < 4.78 is 0. The van der Waals surface area contributed by atoms with Gasteiger partial charge in [0.25, 0.3) is 5.91 Å². The van der Waals surface area contributed by atoms with E-state index in [2.05, 4.69) is 36.5 Å². The predicted octanol–water partition coefficient (Wildman–Crippen LogP) is 2.73. The lowest BCUT2D eigenvalue weighted by molar-refractivity contribution is -0.889. The summed E-state index contributed by atoms with van der Waals surface area (Å²) in [5, 5.41) is 3.60. The third-order valence-electron chi connectivity index (χ3n) is 3.99. The van der Waals surface area contributed by atoms with Crippen LogP contribution in [0.4, 0.5) is 5.69 Å². The normalized spacial score (nSPS) is 12.0. The van der Waals surface area contributed by atoms with E-state index < -0.39 is 0 Å². The maximum atomic E-state index is 12.3. The summed E-state index contributed by atoms with van der Waals surface area (Å²) in [6.45, 7) is 6.41. The Balaban J connectivity index is 1.88. The molecule has 2 aromatic rings. The molecule has 0 aliphatic carbocycles. The summed E-state index contributed by atoms with van der Waals surface area (Å²) in [6, 6.07) is 15.9. The van der Waals surface area contributed by atoms with E-state index in [0.29, 0.717) is 11.6 Å². The van der Waals surface area contributed by atoms with Gasteiger partial charge >= 0.3 is 0 Å². The van der Waals surface area contributed by atoms with Crippen molar-refractivity contribution in [2.24, 2.45) is 0 Å². The number of nitrogens with one attached hydrogen (secondary N) is 2. The molecule has 23 heavy (non-hydrogen) atoms. The zero-order valence-electron chi connectivity index (χ0n) is 13.7. The first-order chi connectivity index (χ1) is 11.1. The molecule has 0 spiro atoms. The number of hydrogen-bond acceptors (Lipinski definition) is 1. The number of quaternary nitrogens is 1. The van der Waals surface area contributed by atoms with Gasteiger partial charge in [-0.3, -0.25) is 4.79 Å². The molecule has 0 bridgehead atoms. The Kier molecular flexibility index (Phi) is 6.63. The number of benzene rings is 2. The first-order valence-electron chi connectivity index (χ1n) is 8.02. The van der Waals surface area contributed by atoms with Gasteiger partial charge < -0.3 is 10.2 Å². The number of carbonyl (C=O) groups is 1. The van der Waals surface area contributed by atoms with Crippen LogP contribution in [0.1, 0.15) is 18.1 Å². The van der Waals surface area contributed by atoms with E-state index in [9.17, 15) is 4.79 Å². The second-order valence-corrected chi connectivity index (χ2v) is 6.21. The van der Waals surface area contributed by atoms with Crippen LogP contribution in [-0.2, 0) is 11.2 Å². The number of halogens is 1. The summed E-state index contributed by atoms with van der Waals surface area (Å²) in [5.74, 6) is 0.0280. The minimum Gasteiger partial charge on any atom is -0.327 e. The maximum absolute atomic E-state index is 12.3. The number of anilines is 1. The van der Waals surface area contributed by atoms with Crippen LogP contribution in [-0.4, -0.2) is 25.5 Å². The van der Waals surface area contributed by atoms with Crippen LogP contribution in [0.25, 0.3) is 0 Å². The average molecular weight is 332 g/mol. The molecule has 1 atom stereocenters. The maximum Gasteiger partial charge on any atom is 0.279 e. The third kappa shape index (κ3) is 5.70. The van der Waals surface area contributed by atoms with Crippen LogP contribution in [0, 0.1) is 6.92 Å². The van der Waals surface area contributed by atoms with Gasteiger partial charge in [0.05, 0.1) is 13.1 Å². The number of likely N-dealkylation sites (N-methyl/N-ethyl adjacent to an activating group) is 1. The molecule has 0 saturated carbocycles. The topological polar surface area (TPSA) is 33.5 Å². The van der Waals surface area contributed by atoms with Gasteiger partial charge in [-0.05, 0) is 37.1 Å². The van der Waals surface area contributed by atoms with E-state index in [1.54, 1.807) is 6.07 Å². The monoisotopic (exact) mass is 331 g/mol. The molecular formula is C19H24ClN2O+. The lowest BCUT2D eigenvalue weighted by atomic mass is 10.1. The Morgan fingerprint density at radius 1 is 1.17 bits per heavy atom. The minimum absolute atomic E-state index is 0.0280. The van der Waals surface area contributed by atoms with Crippen molar-refractivity contribution in [1.82, 2.24) is 0 Å². The van der Waals surface area contributed by atoms with Crippen molar-refractivity contribution in [2.75, 3.05) is 25.0 Å². The van der Waals surface area contributed by atoms with Gasteiger partial charge in [0.1, 0.15) is 0 Å². The quantitative estimate of drug-likeness (QED) is 0.803. The molecular weight excluding hydrogens is 308 g/mol. The SMILES string of the molecule is CC[NH+](CCc1ccccc1)CC(=O)Nc1cc(Cl)ccc1C. The fraction of sp³-hybridized carbons (Fsp3) is 0.316. The molecule has 4 heteroatoms. The zero-order valence-corrected chi connectivity index (χ0v) is 14.5. The summed E-state index contributed by atoms with van der Waals surface area (Å²) in [6.07, 6.45) is 0.980. The summed E-state index contributed by atoms with van der Waals surface area (Å²) in [7, 11) is 0. The van der Waals surface area contributed by atoms with Crippen molar-refractivity contribution in [1.29, 1.82) is 0 Å². The van der Waals surface area contributed by atoms with Gasteiger partial charge in [0, 0.05) is 17.1 Å². The number of amides is 1. The largest absolute Gasteiger partial charge is 0.327 e. The average Bonchev–Trinajstić information content (AvgIpc) is 2.55. The standard InChI is InChI=1S/C19H23ClN2O/c1-3-22(12-11-16-7-5-4-6-8-16)14-19(23)21-18-13-17(20)10-9-15(18)2/h4-10,13H,3,11-12,14H2,1-2H3,(H,21,23)/p+1. The van der Waals surface area contributed by atoms with Crippen molar-refractivity contribution < 1.29 is 9.69 Å². The van der Waals surface area contributed by atoms with E-state index in [1.165, 1.54) is 10.5 Å². The first kappa shape index (κ1) is 17.5. The molecule has 1 unspecified atom stereocenters. The third-order valence-corrected chi connectivity index (χ3v) is 4.23. The molecule has 1 amide bonds. The van der Waals surface area contributed by atoms with Gasteiger partial charge in [-0.15, -0.1) is 0 Å². The molecule has 0 saturated heterocycles. The molecule has 3 nitrogen and oxygen atoms in total. The van der Waals surface area contributed by atoms with Crippen LogP contribution in [0.3, 0.4) is 0 Å². The molecule has 0 aliphatic heterocycles. The molecule has 0 aliphatic rings. The van der Waals surface area contributed by atoms with Crippen molar-refractivity contribution >= 4 is 23.2 Å². The molecule has 0 radical (unpaired) electrons. The number of hydrogen-bond donors (Lipinski definition) is 2. The van der Waals surface area contributed by atoms with Crippen LogP contribution in [0.15, 0.2) is 48.5 Å². The second-order valence-electron chi connectivity index (χ2n) is 5.77. The Labute approximate surface area is 143 Å². The fourth-order valence-electron chi connectivity index (χ4n) is 2.51. The number of rotatable bonds is 7. The Morgan fingerprint density at radius 2 is 1.91 bits per heavy atom. The predicted molar refractivity (Wildman–Crippen MR) is 96.2 cm³/mol. The zero-order chi connectivity index (χ0) is 16.7. The van der Waals surface area contributed by atoms with Gasteiger partial charge in [-0.25, -0.2) is 0 Å². The van der Waals surface area contributed by atoms with Crippen molar-refractivity contribution in [2.45, 2.75) is 20.3 Å². The highest BCUT2D eigenvalue weighted by molar-refractivity contribution is 6.31. The van der Waals surface area contributed by atoms with E-state index >= 15 is 0 Å². The lowest BCUT2D eigenvalue weighted by Gasteiger charge is -2.18. The lowest BCUT2D eigenvalue weighted by Crippen LogP contribution is -3.13. The summed E-state index contributed by atoms with van der Waals surface area (Å²) in [4.78, 5) is 13.6. The fourth-order valence-corrected chi connectivity index (χ4v) is 2.68. The van der Waals surface area contributed by atoms with E-state index in [-0.39, 0.29) is 5.91 Å². The smallest absolute Gasteiger partial charge is 0.279 e. The second kappa shape index (κ2) is 8.70.